The summed E-state index contributed by atoms with van der Waals surface area (Å²) in [7, 11) is 0. The van der Waals surface area contributed by atoms with E-state index in [0.717, 1.165) is 42.0 Å². The third-order valence-corrected chi connectivity index (χ3v) is 8.97. The Hall–Kier alpha value is -4.39. The lowest BCUT2D eigenvalue weighted by Crippen LogP contribution is -2.42. The monoisotopic (exact) mass is 787 g/mol. The summed E-state index contributed by atoms with van der Waals surface area (Å²) in [6.07, 6.45) is 3.96. The van der Waals surface area contributed by atoms with E-state index in [1.54, 1.807) is 12.3 Å². The van der Waals surface area contributed by atoms with Crippen LogP contribution in [0, 0.1) is 5.92 Å². The number of anilines is 3. The minimum atomic E-state index is -0.940. The molecule has 0 aliphatic heterocycles. The molecular formula is C41H58ClN3O10. The van der Waals surface area contributed by atoms with Gasteiger partial charge in [-0.05, 0) is 94.5 Å². The number of rotatable bonds is 19. The van der Waals surface area contributed by atoms with Crippen LogP contribution in [0.3, 0.4) is 0 Å². The van der Waals surface area contributed by atoms with Gasteiger partial charge in [0, 0.05) is 39.3 Å². The highest BCUT2D eigenvalue weighted by Gasteiger charge is 2.30. The van der Waals surface area contributed by atoms with E-state index in [1.165, 1.54) is 13.8 Å². The first-order valence-corrected chi connectivity index (χ1v) is 19.4. The zero-order valence-electron chi connectivity index (χ0n) is 33.5. The summed E-state index contributed by atoms with van der Waals surface area (Å²) in [5.41, 5.74) is 3.12. The number of ether oxygens (including phenoxy) is 5. The summed E-state index contributed by atoms with van der Waals surface area (Å²) < 4.78 is 26.5. The van der Waals surface area contributed by atoms with Crippen molar-refractivity contribution in [3.63, 3.8) is 0 Å². The van der Waals surface area contributed by atoms with Crippen molar-refractivity contribution in [2.75, 3.05) is 30.0 Å². The molecule has 0 bridgehead atoms. The fourth-order valence-electron chi connectivity index (χ4n) is 6.28. The standard InChI is InChI=1S/C41H58ClN3O10/c1-26(2)23-45(36-18-12-30(27(3)20-40(50)55-41(6,7)8)21-35(36)44-31-13-19-37(42)43-22-31)32-14-16-33(17-15-32)53-38(48)10-9-11-39(49)54-34(24-51-28(4)46)25-52-29(5)47/h12-13,18-19,21-22,26-27,32-34,44H,9-11,14-17,20,23-25H2,1-8H3/t27-,32?,33?/m1/s1. The lowest BCUT2D eigenvalue weighted by atomic mass is 9.90. The van der Waals surface area contributed by atoms with E-state index in [2.05, 4.69) is 47.2 Å². The van der Waals surface area contributed by atoms with Gasteiger partial charge in [-0.25, -0.2) is 4.98 Å². The molecule has 13 nitrogen and oxygen atoms in total. The number of benzene rings is 1. The van der Waals surface area contributed by atoms with Crippen LogP contribution >= 0.6 is 11.6 Å². The number of halogens is 1. The smallest absolute Gasteiger partial charge is 0.306 e. The van der Waals surface area contributed by atoms with E-state index in [4.69, 9.17) is 35.3 Å². The van der Waals surface area contributed by atoms with Gasteiger partial charge >= 0.3 is 29.8 Å². The van der Waals surface area contributed by atoms with Crippen molar-refractivity contribution in [2.24, 2.45) is 5.92 Å². The second kappa shape index (κ2) is 21.6. The van der Waals surface area contributed by atoms with Crippen LogP contribution in [-0.2, 0) is 47.7 Å². The number of nitrogens with one attached hydrogen (secondary N) is 1. The predicted molar refractivity (Wildman–Crippen MR) is 209 cm³/mol. The Bertz CT molecular complexity index is 1570. The van der Waals surface area contributed by atoms with Gasteiger partial charge in [0.05, 0.1) is 29.7 Å². The molecule has 1 atom stereocenters. The highest BCUT2D eigenvalue weighted by molar-refractivity contribution is 6.29. The van der Waals surface area contributed by atoms with Crippen molar-refractivity contribution in [3.8, 4) is 0 Å². The van der Waals surface area contributed by atoms with E-state index in [9.17, 15) is 24.0 Å². The lowest BCUT2D eigenvalue weighted by Gasteiger charge is -2.40. The minimum absolute atomic E-state index is 0.0420. The molecule has 1 aromatic carbocycles. The molecule has 1 aromatic heterocycles. The highest BCUT2D eigenvalue weighted by atomic mass is 35.5. The first kappa shape index (κ1) is 45.0. The van der Waals surface area contributed by atoms with Gasteiger partial charge in [-0.15, -0.1) is 0 Å². The number of nitrogens with zero attached hydrogens (tertiary/aromatic N) is 2. The van der Waals surface area contributed by atoms with Crippen LogP contribution < -0.4 is 10.2 Å². The highest BCUT2D eigenvalue weighted by Crippen LogP contribution is 2.38. The van der Waals surface area contributed by atoms with Gasteiger partial charge in [0.15, 0.2) is 6.10 Å². The SMILES string of the molecule is CC(=O)OCC(COC(C)=O)OC(=O)CCCC(=O)OC1CCC(N(CC(C)C)c2ccc([C@H](C)CC(=O)OC(C)(C)C)cc2Nc2ccc(Cl)nc2)CC1. The van der Waals surface area contributed by atoms with Crippen molar-refractivity contribution < 1.29 is 47.7 Å². The molecule has 1 saturated carbocycles. The second-order valence-corrected chi connectivity index (χ2v) is 15.9. The summed E-state index contributed by atoms with van der Waals surface area (Å²) >= 11 is 6.08. The number of carbonyl (C=O) groups excluding carboxylic acids is 5. The molecule has 0 amide bonds. The second-order valence-electron chi connectivity index (χ2n) is 15.5. The third kappa shape index (κ3) is 16.9. The Morgan fingerprint density at radius 1 is 0.891 bits per heavy atom. The predicted octanol–water partition coefficient (Wildman–Crippen LogP) is 7.84. The summed E-state index contributed by atoms with van der Waals surface area (Å²) in [5, 5.41) is 3.95. The van der Waals surface area contributed by atoms with Crippen molar-refractivity contribution in [1.82, 2.24) is 4.98 Å². The Balaban J connectivity index is 1.65. The summed E-state index contributed by atoms with van der Waals surface area (Å²) in [5.74, 6) is -2.07. The molecule has 1 heterocycles. The van der Waals surface area contributed by atoms with Gasteiger partial charge in [0.25, 0.3) is 0 Å². The fraction of sp³-hybridized carbons (Fsp3) is 0.610. The van der Waals surface area contributed by atoms with Gasteiger partial charge < -0.3 is 33.9 Å². The minimum Gasteiger partial charge on any atom is -0.462 e. The average Bonchev–Trinajstić information content (AvgIpc) is 3.08. The summed E-state index contributed by atoms with van der Waals surface area (Å²) in [4.78, 5) is 66.9. The normalized spacial score (nSPS) is 16.2. The quantitative estimate of drug-likeness (QED) is 0.0834. The summed E-state index contributed by atoms with van der Waals surface area (Å²) in [6.45, 7) is 14.7. The molecule has 1 aliphatic carbocycles. The third-order valence-electron chi connectivity index (χ3n) is 8.75. The molecule has 55 heavy (non-hydrogen) atoms. The van der Waals surface area contributed by atoms with Crippen LogP contribution in [0.25, 0.3) is 0 Å². The van der Waals surface area contributed by atoms with E-state index in [-0.39, 0.29) is 68.9 Å². The van der Waals surface area contributed by atoms with Crippen molar-refractivity contribution in [2.45, 2.75) is 137 Å². The molecule has 14 heteroatoms. The molecule has 1 aliphatic rings. The molecule has 0 unspecified atom stereocenters. The number of pyridine rings is 1. The number of hydrogen-bond acceptors (Lipinski definition) is 13. The van der Waals surface area contributed by atoms with E-state index < -0.39 is 29.6 Å². The zero-order valence-corrected chi connectivity index (χ0v) is 34.2. The van der Waals surface area contributed by atoms with Crippen LogP contribution in [0.1, 0.15) is 118 Å². The maximum absolute atomic E-state index is 12.8. The maximum atomic E-state index is 12.8. The molecule has 0 saturated heterocycles. The average molecular weight is 788 g/mol. The molecule has 2 aromatic rings. The largest absolute Gasteiger partial charge is 0.462 e. The Morgan fingerprint density at radius 3 is 2.09 bits per heavy atom. The molecule has 304 valence electrons. The first-order chi connectivity index (χ1) is 25.9. The molecule has 0 radical (unpaired) electrons. The van der Waals surface area contributed by atoms with Crippen LogP contribution in [0.2, 0.25) is 5.15 Å². The Labute approximate surface area is 330 Å². The van der Waals surface area contributed by atoms with Crippen LogP contribution in [0.5, 0.6) is 0 Å². The van der Waals surface area contributed by atoms with Gasteiger partial charge in [-0.3, -0.25) is 24.0 Å². The van der Waals surface area contributed by atoms with Gasteiger partial charge in [-0.2, -0.15) is 0 Å². The number of hydrogen-bond donors (Lipinski definition) is 1. The zero-order chi connectivity index (χ0) is 40.7. The maximum Gasteiger partial charge on any atom is 0.306 e. The van der Waals surface area contributed by atoms with Crippen molar-refractivity contribution >= 4 is 58.5 Å². The van der Waals surface area contributed by atoms with Crippen LogP contribution in [0.15, 0.2) is 36.5 Å². The summed E-state index contributed by atoms with van der Waals surface area (Å²) in [6, 6.07) is 10.1. The number of aromatic nitrogens is 1. The van der Waals surface area contributed by atoms with Gasteiger partial charge in [0.1, 0.15) is 30.1 Å². The molecule has 3 rings (SSSR count). The number of carbonyl (C=O) groups is 5. The van der Waals surface area contributed by atoms with E-state index in [1.807, 2.05) is 33.8 Å². The topological polar surface area (TPSA) is 160 Å². The van der Waals surface area contributed by atoms with E-state index >= 15 is 0 Å². The Morgan fingerprint density at radius 2 is 1.53 bits per heavy atom. The van der Waals surface area contributed by atoms with E-state index in [0.29, 0.717) is 23.9 Å². The van der Waals surface area contributed by atoms with Gasteiger partial charge in [-0.1, -0.05) is 38.4 Å². The first-order valence-electron chi connectivity index (χ1n) is 19.0. The Kier molecular flexibility index (Phi) is 17.7. The van der Waals surface area contributed by atoms with Gasteiger partial charge in [0.2, 0.25) is 0 Å². The fourth-order valence-corrected chi connectivity index (χ4v) is 6.39. The molecule has 1 fully saturated rings. The molecular weight excluding hydrogens is 730 g/mol. The van der Waals surface area contributed by atoms with Crippen molar-refractivity contribution in [1.29, 1.82) is 0 Å². The molecule has 1 N–H and O–H groups in total. The van der Waals surface area contributed by atoms with Crippen LogP contribution in [0.4, 0.5) is 17.1 Å². The molecule has 0 spiro atoms. The lowest BCUT2D eigenvalue weighted by molar-refractivity contribution is -0.165. The van der Waals surface area contributed by atoms with Crippen molar-refractivity contribution in [3.05, 3.63) is 47.2 Å². The number of esters is 5. The van der Waals surface area contributed by atoms with Crippen LogP contribution in [-0.4, -0.2) is 78.4 Å².